The largest absolute Gasteiger partial charge is 0.340 e. The molecule has 9 nitrogen and oxygen atoms in total. The zero-order valence-electron chi connectivity index (χ0n) is 18.3. The Hall–Kier alpha value is -2.33. The number of carbonyl (C=O) groups excluding carboxylic acids is 1. The number of aryl methyl sites for hydroxylation is 3. The summed E-state index contributed by atoms with van der Waals surface area (Å²) in [4.78, 5) is 25.8. The van der Waals surface area contributed by atoms with Crippen molar-refractivity contribution in [2.24, 2.45) is 0 Å². The first-order chi connectivity index (χ1) is 14.0. The summed E-state index contributed by atoms with van der Waals surface area (Å²) in [5.74, 6) is 0.732. The summed E-state index contributed by atoms with van der Waals surface area (Å²) in [5, 5.41) is 4.58. The van der Waals surface area contributed by atoms with Gasteiger partial charge in [-0.1, -0.05) is 0 Å². The van der Waals surface area contributed by atoms with Gasteiger partial charge in [-0.3, -0.25) is 9.69 Å². The summed E-state index contributed by atoms with van der Waals surface area (Å²) in [5.41, 5.74) is 4.32. The lowest BCUT2D eigenvalue weighted by atomic mass is 10.1. The first-order valence-electron chi connectivity index (χ1n) is 10.1. The molecule has 0 bridgehead atoms. The zero-order valence-corrected chi connectivity index (χ0v) is 19.2. The standard InChI is InChI=1S/C20H30N6O3S/c1-14-12-15(2)22-20(21-14)26-17(4)18(16(3)23-26)13-19(27)25-8-6-24(7-9-25)10-11-30(5,28)29/h12H,6-11,13H2,1-5H3. The van der Waals surface area contributed by atoms with Crippen molar-refractivity contribution in [3.8, 4) is 5.95 Å². The highest BCUT2D eigenvalue weighted by atomic mass is 32.2. The Bertz CT molecular complexity index is 1020. The van der Waals surface area contributed by atoms with E-state index in [1.165, 1.54) is 6.26 Å². The van der Waals surface area contributed by atoms with Crippen LogP contribution in [0.1, 0.15) is 28.3 Å². The third-order valence-electron chi connectivity index (χ3n) is 5.43. The molecule has 0 N–H and O–H groups in total. The van der Waals surface area contributed by atoms with Crippen molar-refractivity contribution < 1.29 is 13.2 Å². The van der Waals surface area contributed by atoms with Gasteiger partial charge in [-0.15, -0.1) is 0 Å². The summed E-state index contributed by atoms with van der Waals surface area (Å²) in [7, 11) is -2.97. The van der Waals surface area contributed by atoms with E-state index in [2.05, 4.69) is 20.0 Å². The minimum Gasteiger partial charge on any atom is -0.340 e. The van der Waals surface area contributed by atoms with Crippen molar-refractivity contribution in [3.05, 3.63) is 34.4 Å². The zero-order chi connectivity index (χ0) is 22.1. The van der Waals surface area contributed by atoms with Gasteiger partial charge in [-0.25, -0.2) is 23.1 Å². The van der Waals surface area contributed by atoms with E-state index >= 15 is 0 Å². The van der Waals surface area contributed by atoms with Crippen LogP contribution >= 0.6 is 0 Å². The summed E-state index contributed by atoms with van der Waals surface area (Å²) in [6.45, 7) is 10.8. The van der Waals surface area contributed by atoms with Gasteiger partial charge in [0.25, 0.3) is 5.95 Å². The van der Waals surface area contributed by atoms with Crippen LogP contribution in [0.4, 0.5) is 0 Å². The topological polar surface area (TPSA) is 101 Å². The fraction of sp³-hybridized carbons (Fsp3) is 0.600. The fourth-order valence-corrected chi connectivity index (χ4v) is 4.30. The molecule has 0 aromatic carbocycles. The van der Waals surface area contributed by atoms with Crippen LogP contribution < -0.4 is 0 Å². The maximum atomic E-state index is 12.9. The molecule has 1 aliphatic rings. The number of amides is 1. The molecule has 2 aromatic heterocycles. The average Bonchev–Trinajstić information content (AvgIpc) is 2.93. The molecule has 0 spiro atoms. The number of aromatic nitrogens is 4. The molecule has 10 heteroatoms. The van der Waals surface area contributed by atoms with Crippen molar-refractivity contribution in [1.29, 1.82) is 0 Å². The molecule has 0 radical (unpaired) electrons. The minimum atomic E-state index is -2.97. The molecule has 164 valence electrons. The Balaban J connectivity index is 1.66. The van der Waals surface area contributed by atoms with Crippen LogP contribution in [0.15, 0.2) is 6.07 Å². The second-order valence-corrected chi connectivity index (χ2v) is 10.3. The average molecular weight is 435 g/mol. The molecular weight excluding hydrogens is 404 g/mol. The monoisotopic (exact) mass is 434 g/mol. The number of hydrogen-bond donors (Lipinski definition) is 0. The molecule has 0 saturated carbocycles. The Morgan fingerprint density at radius 1 is 1.03 bits per heavy atom. The van der Waals surface area contributed by atoms with Gasteiger partial charge in [-0.2, -0.15) is 5.10 Å². The maximum Gasteiger partial charge on any atom is 0.251 e. The number of hydrogen-bond acceptors (Lipinski definition) is 7. The van der Waals surface area contributed by atoms with E-state index in [1.807, 2.05) is 38.7 Å². The second kappa shape index (κ2) is 8.81. The van der Waals surface area contributed by atoms with Crippen molar-refractivity contribution in [2.75, 3.05) is 44.7 Å². The number of rotatable bonds is 6. The molecule has 2 aromatic rings. The van der Waals surface area contributed by atoms with E-state index in [-0.39, 0.29) is 18.1 Å². The van der Waals surface area contributed by atoms with Crippen molar-refractivity contribution >= 4 is 15.7 Å². The lowest BCUT2D eigenvalue weighted by Crippen LogP contribution is -2.50. The minimum absolute atomic E-state index is 0.0601. The smallest absolute Gasteiger partial charge is 0.251 e. The highest BCUT2D eigenvalue weighted by molar-refractivity contribution is 7.90. The van der Waals surface area contributed by atoms with Gasteiger partial charge in [0.2, 0.25) is 5.91 Å². The maximum absolute atomic E-state index is 12.9. The normalized spacial score (nSPS) is 15.6. The van der Waals surface area contributed by atoms with Crippen LogP contribution in [0.2, 0.25) is 0 Å². The predicted octanol–water partition coefficient (Wildman–Crippen LogP) is 0.627. The van der Waals surface area contributed by atoms with Crippen LogP contribution in [-0.2, 0) is 21.1 Å². The predicted molar refractivity (Wildman–Crippen MR) is 115 cm³/mol. The lowest BCUT2D eigenvalue weighted by molar-refractivity contribution is -0.132. The van der Waals surface area contributed by atoms with Gasteiger partial charge in [0.1, 0.15) is 9.84 Å². The van der Waals surface area contributed by atoms with Crippen LogP contribution in [0.5, 0.6) is 0 Å². The molecule has 0 atom stereocenters. The van der Waals surface area contributed by atoms with Crippen molar-refractivity contribution in [3.63, 3.8) is 0 Å². The van der Waals surface area contributed by atoms with E-state index in [1.54, 1.807) is 4.68 Å². The van der Waals surface area contributed by atoms with Crippen LogP contribution in [0.3, 0.4) is 0 Å². The van der Waals surface area contributed by atoms with Crippen molar-refractivity contribution in [1.82, 2.24) is 29.5 Å². The Morgan fingerprint density at radius 2 is 1.63 bits per heavy atom. The highest BCUT2D eigenvalue weighted by Crippen LogP contribution is 2.18. The van der Waals surface area contributed by atoms with E-state index in [9.17, 15) is 13.2 Å². The first kappa shape index (κ1) is 22.4. The molecule has 1 amide bonds. The van der Waals surface area contributed by atoms with Crippen LogP contribution in [0.25, 0.3) is 5.95 Å². The van der Waals surface area contributed by atoms with E-state index < -0.39 is 9.84 Å². The second-order valence-electron chi connectivity index (χ2n) is 8.04. The summed E-state index contributed by atoms with van der Waals surface area (Å²) >= 11 is 0. The Kier molecular flexibility index (Phi) is 6.56. The number of sulfone groups is 1. The summed E-state index contributed by atoms with van der Waals surface area (Å²) < 4.78 is 24.4. The number of carbonyl (C=O) groups is 1. The number of piperazine rings is 1. The molecule has 3 rings (SSSR count). The van der Waals surface area contributed by atoms with Gasteiger partial charge in [0, 0.05) is 61.6 Å². The van der Waals surface area contributed by atoms with Gasteiger partial charge < -0.3 is 4.90 Å². The summed E-state index contributed by atoms with van der Waals surface area (Å²) in [6, 6.07) is 1.91. The quantitative estimate of drug-likeness (QED) is 0.657. The SMILES string of the molecule is Cc1cc(C)nc(-n2nc(C)c(CC(=O)N3CCN(CCS(C)(=O)=O)CC3)c2C)n1. The van der Waals surface area contributed by atoms with E-state index in [0.29, 0.717) is 38.7 Å². The Morgan fingerprint density at radius 3 is 2.20 bits per heavy atom. The fourth-order valence-electron chi connectivity index (χ4n) is 3.71. The van der Waals surface area contributed by atoms with Gasteiger partial charge in [0.05, 0.1) is 17.9 Å². The van der Waals surface area contributed by atoms with Crippen molar-refractivity contribution in [2.45, 2.75) is 34.1 Å². The molecule has 1 fully saturated rings. The first-order valence-corrected chi connectivity index (χ1v) is 12.1. The molecule has 30 heavy (non-hydrogen) atoms. The van der Waals surface area contributed by atoms with Gasteiger partial charge >= 0.3 is 0 Å². The highest BCUT2D eigenvalue weighted by Gasteiger charge is 2.24. The van der Waals surface area contributed by atoms with Crippen LogP contribution in [0, 0.1) is 27.7 Å². The molecule has 1 aliphatic heterocycles. The van der Waals surface area contributed by atoms with Gasteiger partial charge in [0.15, 0.2) is 0 Å². The molecule has 0 unspecified atom stereocenters. The number of nitrogens with zero attached hydrogens (tertiary/aromatic N) is 6. The third-order valence-corrected chi connectivity index (χ3v) is 6.36. The Labute approximate surface area is 178 Å². The molecular formula is C20H30N6O3S. The molecule has 1 saturated heterocycles. The van der Waals surface area contributed by atoms with E-state index in [4.69, 9.17) is 0 Å². The van der Waals surface area contributed by atoms with Gasteiger partial charge in [-0.05, 0) is 33.8 Å². The molecule has 3 heterocycles. The molecule has 0 aliphatic carbocycles. The van der Waals surface area contributed by atoms with E-state index in [0.717, 1.165) is 28.3 Å². The third kappa shape index (κ3) is 5.42. The van der Waals surface area contributed by atoms with Crippen LogP contribution in [-0.4, -0.2) is 88.6 Å². The summed E-state index contributed by atoms with van der Waals surface area (Å²) in [6.07, 6.45) is 1.53. The lowest BCUT2D eigenvalue weighted by Gasteiger charge is -2.34.